The number of allylic oxidation sites excluding steroid dienone is 1. The lowest BCUT2D eigenvalue weighted by molar-refractivity contribution is -0.150. The van der Waals surface area contributed by atoms with E-state index in [4.69, 9.17) is 9.47 Å². The van der Waals surface area contributed by atoms with Crippen LogP contribution in [0.2, 0.25) is 0 Å². The van der Waals surface area contributed by atoms with Crippen LogP contribution in [0, 0.1) is 0 Å². The van der Waals surface area contributed by atoms with Crippen molar-refractivity contribution >= 4 is 28.7 Å². The predicted molar refractivity (Wildman–Crippen MR) is 123 cm³/mol. The van der Waals surface area contributed by atoms with Crippen molar-refractivity contribution in [1.82, 2.24) is 15.2 Å². The summed E-state index contributed by atoms with van der Waals surface area (Å²) in [4.78, 5) is 31.4. The standard InChI is InChI=1S/C25H31N3O4/c1-17-7-5-3-4-6-8-18-9-10-19-11-12-26-24(21(19)13-18)32-20-14-22(25(30)31-2)28(16-20)23(29)15-27-17/h6,8-13,17,20,22,27H,3-5,7,14-16H2,1-2H3/t17?,20-,22+/m1/s1. The summed E-state index contributed by atoms with van der Waals surface area (Å²) in [7, 11) is 1.35. The minimum absolute atomic E-state index is 0.115. The summed E-state index contributed by atoms with van der Waals surface area (Å²) in [5, 5.41) is 5.26. The molecule has 0 spiro atoms. The van der Waals surface area contributed by atoms with E-state index in [-0.39, 0.29) is 24.6 Å². The molecule has 2 aliphatic heterocycles. The summed E-state index contributed by atoms with van der Waals surface area (Å²) in [6.45, 7) is 2.61. The second kappa shape index (κ2) is 10.1. The number of fused-ring (bicyclic) bond motifs is 3. The molecule has 0 aliphatic carbocycles. The van der Waals surface area contributed by atoms with E-state index in [2.05, 4.69) is 47.6 Å². The lowest BCUT2D eigenvalue weighted by atomic mass is 10.1. The van der Waals surface area contributed by atoms with E-state index in [0.717, 1.165) is 42.0 Å². The maximum Gasteiger partial charge on any atom is 0.328 e. The topological polar surface area (TPSA) is 80.8 Å². The van der Waals surface area contributed by atoms with Gasteiger partial charge in [0, 0.05) is 24.0 Å². The zero-order valence-electron chi connectivity index (χ0n) is 18.8. The van der Waals surface area contributed by atoms with Gasteiger partial charge in [-0.05, 0) is 49.3 Å². The van der Waals surface area contributed by atoms with Gasteiger partial charge >= 0.3 is 5.97 Å². The van der Waals surface area contributed by atoms with Crippen molar-refractivity contribution in [2.75, 3.05) is 20.2 Å². The third-order valence-electron chi connectivity index (χ3n) is 6.26. The summed E-state index contributed by atoms with van der Waals surface area (Å²) >= 11 is 0. The second-order valence-electron chi connectivity index (χ2n) is 8.63. The van der Waals surface area contributed by atoms with Crippen molar-refractivity contribution < 1.29 is 19.1 Å². The first-order chi connectivity index (χ1) is 15.5. The molecule has 32 heavy (non-hydrogen) atoms. The number of hydrogen-bond acceptors (Lipinski definition) is 6. The Balaban J connectivity index is 1.65. The molecular formula is C25H31N3O4. The Morgan fingerprint density at radius 3 is 3.00 bits per heavy atom. The Hall–Kier alpha value is -2.93. The highest BCUT2D eigenvalue weighted by molar-refractivity contribution is 5.89. The first-order valence-electron chi connectivity index (χ1n) is 11.4. The van der Waals surface area contributed by atoms with E-state index in [9.17, 15) is 9.59 Å². The van der Waals surface area contributed by atoms with Gasteiger partial charge in [-0.3, -0.25) is 4.79 Å². The van der Waals surface area contributed by atoms with Gasteiger partial charge in [0.15, 0.2) is 0 Å². The zero-order valence-corrected chi connectivity index (χ0v) is 18.8. The lowest BCUT2D eigenvalue weighted by Crippen LogP contribution is -2.46. The van der Waals surface area contributed by atoms with Crippen LogP contribution >= 0.6 is 0 Å². The number of methoxy groups -OCH3 is 1. The summed E-state index contributed by atoms with van der Waals surface area (Å²) in [5.41, 5.74) is 1.10. The monoisotopic (exact) mass is 437 g/mol. The molecule has 2 aromatic rings. The van der Waals surface area contributed by atoms with E-state index in [1.54, 1.807) is 11.1 Å². The van der Waals surface area contributed by atoms with Crippen molar-refractivity contribution in [2.24, 2.45) is 0 Å². The number of esters is 1. The first kappa shape index (κ1) is 22.3. The van der Waals surface area contributed by atoms with Gasteiger partial charge < -0.3 is 19.7 Å². The van der Waals surface area contributed by atoms with Gasteiger partial charge in [-0.25, -0.2) is 9.78 Å². The van der Waals surface area contributed by atoms with Gasteiger partial charge in [-0.2, -0.15) is 0 Å². The lowest BCUT2D eigenvalue weighted by Gasteiger charge is -2.23. The molecule has 3 heterocycles. The summed E-state index contributed by atoms with van der Waals surface area (Å²) in [6, 6.07) is 7.78. The van der Waals surface area contributed by atoms with E-state index in [1.807, 2.05) is 6.07 Å². The second-order valence-corrected chi connectivity index (χ2v) is 8.63. The Morgan fingerprint density at radius 2 is 2.16 bits per heavy atom. The maximum atomic E-state index is 13.0. The number of pyridine rings is 1. The Morgan fingerprint density at radius 1 is 1.28 bits per heavy atom. The average molecular weight is 438 g/mol. The van der Waals surface area contributed by atoms with Crippen LogP contribution in [-0.2, 0) is 14.3 Å². The van der Waals surface area contributed by atoms with Crippen molar-refractivity contribution in [3.05, 3.63) is 42.1 Å². The van der Waals surface area contributed by atoms with Gasteiger partial charge in [0.25, 0.3) is 0 Å². The fourth-order valence-electron chi connectivity index (χ4n) is 4.43. The van der Waals surface area contributed by atoms with Crippen LogP contribution in [0.4, 0.5) is 0 Å². The molecule has 170 valence electrons. The van der Waals surface area contributed by atoms with Gasteiger partial charge in [0.2, 0.25) is 11.8 Å². The highest BCUT2D eigenvalue weighted by Gasteiger charge is 2.41. The number of aromatic nitrogens is 1. The number of hydrogen-bond donors (Lipinski definition) is 1. The molecule has 1 aromatic carbocycles. The molecule has 1 N–H and O–H groups in total. The molecule has 0 radical (unpaired) electrons. The molecule has 3 atom stereocenters. The molecule has 1 saturated heterocycles. The number of nitrogens with one attached hydrogen (secondary N) is 1. The molecule has 4 rings (SSSR count). The summed E-state index contributed by atoms with van der Waals surface area (Å²) in [5.74, 6) is -0.00853. The minimum Gasteiger partial charge on any atom is -0.472 e. The van der Waals surface area contributed by atoms with Gasteiger partial charge in [-0.15, -0.1) is 0 Å². The minimum atomic E-state index is -0.648. The predicted octanol–water partition coefficient (Wildman–Crippen LogP) is 3.32. The molecule has 0 saturated carbocycles. The highest BCUT2D eigenvalue weighted by Crippen LogP contribution is 2.29. The molecule has 7 heteroatoms. The van der Waals surface area contributed by atoms with Crippen LogP contribution in [-0.4, -0.2) is 60.1 Å². The summed E-state index contributed by atoms with van der Waals surface area (Å²) < 4.78 is 11.2. The number of nitrogens with zero attached hydrogens (tertiary/aromatic N) is 2. The molecule has 2 aliphatic rings. The largest absolute Gasteiger partial charge is 0.472 e. The van der Waals surface area contributed by atoms with Gasteiger partial charge in [0.05, 0.1) is 20.2 Å². The van der Waals surface area contributed by atoms with E-state index in [1.165, 1.54) is 7.11 Å². The van der Waals surface area contributed by atoms with Crippen LogP contribution in [0.15, 0.2) is 36.5 Å². The summed E-state index contributed by atoms with van der Waals surface area (Å²) in [6.07, 6.45) is 10.3. The van der Waals surface area contributed by atoms with Crippen LogP contribution in [0.25, 0.3) is 16.8 Å². The third kappa shape index (κ3) is 5.10. The number of rotatable bonds is 1. The van der Waals surface area contributed by atoms with Crippen molar-refractivity contribution in [2.45, 2.75) is 57.2 Å². The first-order valence-corrected chi connectivity index (χ1v) is 11.4. The molecule has 1 unspecified atom stereocenters. The Kier molecular flexibility index (Phi) is 7.05. The van der Waals surface area contributed by atoms with Gasteiger partial charge in [-0.1, -0.05) is 30.7 Å². The fraction of sp³-hybridized carbons (Fsp3) is 0.480. The highest BCUT2D eigenvalue weighted by atomic mass is 16.5. The molecule has 1 aromatic heterocycles. The van der Waals surface area contributed by atoms with Crippen LogP contribution < -0.4 is 10.1 Å². The third-order valence-corrected chi connectivity index (χ3v) is 6.26. The number of carbonyl (C=O) groups is 2. The molecule has 1 amide bonds. The molecule has 7 nitrogen and oxygen atoms in total. The number of carbonyl (C=O) groups excluding carboxylic acids is 2. The Labute approximate surface area is 188 Å². The quantitative estimate of drug-likeness (QED) is 0.690. The van der Waals surface area contributed by atoms with Crippen molar-refractivity contribution in [3.8, 4) is 5.88 Å². The number of amides is 1. The average Bonchev–Trinajstić information content (AvgIpc) is 3.23. The zero-order chi connectivity index (χ0) is 22.5. The van der Waals surface area contributed by atoms with Crippen molar-refractivity contribution in [1.29, 1.82) is 0 Å². The smallest absolute Gasteiger partial charge is 0.328 e. The van der Waals surface area contributed by atoms with Crippen LogP contribution in [0.1, 0.15) is 44.6 Å². The van der Waals surface area contributed by atoms with E-state index < -0.39 is 12.0 Å². The van der Waals surface area contributed by atoms with E-state index in [0.29, 0.717) is 18.8 Å². The SMILES string of the molecule is COC(=O)[C@@H]1C[C@@H]2CN1C(=O)CNC(C)CCCCC=Cc1ccc3ccnc(c3c1)O2. The number of ether oxygens (including phenoxy) is 2. The van der Waals surface area contributed by atoms with Crippen LogP contribution in [0.5, 0.6) is 5.88 Å². The Bertz CT molecular complexity index is 1010. The van der Waals surface area contributed by atoms with Gasteiger partial charge in [0.1, 0.15) is 12.1 Å². The van der Waals surface area contributed by atoms with Crippen molar-refractivity contribution in [3.63, 3.8) is 0 Å². The fourth-order valence-corrected chi connectivity index (χ4v) is 4.43. The number of benzene rings is 1. The molecular weight excluding hydrogens is 406 g/mol. The molecule has 1 fully saturated rings. The molecule has 4 bridgehead atoms. The maximum absolute atomic E-state index is 13.0. The normalized spacial score (nSPS) is 24.8. The van der Waals surface area contributed by atoms with E-state index >= 15 is 0 Å². The van der Waals surface area contributed by atoms with Crippen LogP contribution in [0.3, 0.4) is 0 Å².